The van der Waals surface area contributed by atoms with Gasteiger partial charge in [0.1, 0.15) is 0 Å². The molecule has 0 bridgehead atoms. The van der Waals surface area contributed by atoms with Crippen molar-refractivity contribution >= 4 is 5.91 Å². The van der Waals surface area contributed by atoms with Gasteiger partial charge in [-0.1, -0.05) is 12.5 Å². The van der Waals surface area contributed by atoms with Gasteiger partial charge < -0.3 is 5.32 Å². The number of piperidine rings is 1. The van der Waals surface area contributed by atoms with E-state index in [-0.39, 0.29) is 11.4 Å². The fourth-order valence-electron chi connectivity index (χ4n) is 3.20. The van der Waals surface area contributed by atoms with E-state index < -0.39 is 0 Å². The largest absolute Gasteiger partial charge is 0.354 e. The maximum absolute atomic E-state index is 11.6. The number of carbonyl (C=O) groups is 1. The molecule has 0 saturated carbocycles. The zero-order valence-corrected chi connectivity index (χ0v) is 10.6. The van der Waals surface area contributed by atoms with E-state index in [4.69, 9.17) is 0 Å². The zero-order valence-electron chi connectivity index (χ0n) is 10.6. The van der Waals surface area contributed by atoms with Gasteiger partial charge in [0.2, 0.25) is 5.91 Å². The van der Waals surface area contributed by atoms with Crippen LogP contribution < -0.4 is 5.32 Å². The van der Waals surface area contributed by atoms with E-state index in [0.29, 0.717) is 6.42 Å². The zero-order chi connectivity index (χ0) is 12.4. The van der Waals surface area contributed by atoms with Crippen LogP contribution in [0.25, 0.3) is 0 Å². The number of rotatable bonds is 2. The molecule has 1 spiro atoms. The van der Waals surface area contributed by atoms with E-state index in [1.807, 2.05) is 12.3 Å². The standard InChI is InChI=1S/C14H19N3O/c18-13-8-14(11-16-13)5-1-2-7-17(14)10-12-4-3-6-15-9-12/h3-4,6,9H,1-2,5,7-8,10-11H2,(H,16,18)/t14-/m1/s1. The Kier molecular flexibility index (Phi) is 3.04. The molecule has 3 rings (SSSR count). The summed E-state index contributed by atoms with van der Waals surface area (Å²) in [5.41, 5.74) is 1.30. The Morgan fingerprint density at radius 3 is 3.11 bits per heavy atom. The van der Waals surface area contributed by atoms with Crippen LogP contribution >= 0.6 is 0 Å². The van der Waals surface area contributed by atoms with Crippen LogP contribution in [0.4, 0.5) is 0 Å². The highest BCUT2D eigenvalue weighted by Crippen LogP contribution is 2.34. The maximum Gasteiger partial charge on any atom is 0.221 e. The molecule has 0 unspecified atom stereocenters. The lowest BCUT2D eigenvalue weighted by atomic mass is 9.85. The minimum Gasteiger partial charge on any atom is -0.354 e. The van der Waals surface area contributed by atoms with Crippen LogP contribution in [0.3, 0.4) is 0 Å². The second kappa shape index (κ2) is 4.69. The molecular weight excluding hydrogens is 226 g/mol. The molecule has 0 radical (unpaired) electrons. The summed E-state index contributed by atoms with van der Waals surface area (Å²) in [5, 5.41) is 3.00. The summed E-state index contributed by atoms with van der Waals surface area (Å²) in [6, 6.07) is 4.09. The van der Waals surface area contributed by atoms with Crippen LogP contribution in [0.1, 0.15) is 31.2 Å². The van der Waals surface area contributed by atoms with Gasteiger partial charge in [0.15, 0.2) is 0 Å². The first-order valence-electron chi connectivity index (χ1n) is 6.69. The number of amides is 1. The van der Waals surface area contributed by atoms with Gasteiger partial charge in [-0.2, -0.15) is 0 Å². The first kappa shape index (κ1) is 11.7. The number of carbonyl (C=O) groups excluding carboxylic acids is 1. The van der Waals surface area contributed by atoms with Crippen LogP contribution in [-0.4, -0.2) is 34.4 Å². The fraction of sp³-hybridized carbons (Fsp3) is 0.571. The van der Waals surface area contributed by atoms with Crippen molar-refractivity contribution in [3.8, 4) is 0 Å². The molecule has 1 aromatic heterocycles. The van der Waals surface area contributed by atoms with Gasteiger partial charge in [-0.05, 0) is 31.0 Å². The van der Waals surface area contributed by atoms with Gasteiger partial charge in [0.25, 0.3) is 0 Å². The Hall–Kier alpha value is -1.42. The van der Waals surface area contributed by atoms with Crippen molar-refractivity contribution in [2.45, 2.75) is 37.8 Å². The molecule has 2 aliphatic rings. The summed E-state index contributed by atoms with van der Waals surface area (Å²) in [5.74, 6) is 0.202. The predicted octanol–water partition coefficient (Wildman–Crippen LogP) is 1.33. The van der Waals surface area contributed by atoms with Gasteiger partial charge in [0.05, 0.1) is 0 Å². The third-order valence-electron chi connectivity index (χ3n) is 4.19. The van der Waals surface area contributed by atoms with Gasteiger partial charge in [0, 0.05) is 37.4 Å². The molecule has 2 aliphatic heterocycles. The van der Waals surface area contributed by atoms with Crippen LogP contribution in [-0.2, 0) is 11.3 Å². The molecule has 2 fully saturated rings. The minimum atomic E-state index is 0.0607. The first-order valence-corrected chi connectivity index (χ1v) is 6.69. The number of nitrogens with zero attached hydrogens (tertiary/aromatic N) is 2. The summed E-state index contributed by atoms with van der Waals surface area (Å²) in [6.07, 6.45) is 7.98. The monoisotopic (exact) mass is 245 g/mol. The molecule has 0 aromatic carbocycles. The lowest BCUT2D eigenvalue weighted by Crippen LogP contribution is -2.52. The van der Waals surface area contributed by atoms with Crippen molar-refractivity contribution < 1.29 is 4.79 Å². The van der Waals surface area contributed by atoms with Crippen molar-refractivity contribution in [1.82, 2.24) is 15.2 Å². The van der Waals surface area contributed by atoms with Crippen molar-refractivity contribution in [2.75, 3.05) is 13.1 Å². The summed E-state index contributed by atoms with van der Waals surface area (Å²) in [4.78, 5) is 18.2. The predicted molar refractivity (Wildman–Crippen MR) is 68.9 cm³/mol. The number of hydrogen-bond acceptors (Lipinski definition) is 3. The minimum absolute atomic E-state index is 0.0607. The van der Waals surface area contributed by atoms with E-state index in [2.05, 4.69) is 21.3 Å². The number of aromatic nitrogens is 1. The quantitative estimate of drug-likeness (QED) is 0.855. The topological polar surface area (TPSA) is 45.2 Å². The second-order valence-electron chi connectivity index (χ2n) is 5.42. The molecule has 18 heavy (non-hydrogen) atoms. The Bertz CT molecular complexity index is 434. The lowest BCUT2D eigenvalue weighted by Gasteiger charge is -2.43. The van der Waals surface area contributed by atoms with E-state index in [9.17, 15) is 4.79 Å². The van der Waals surface area contributed by atoms with E-state index >= 15 is 0 Å². The Labute approximate surface area is 107 Å². The number of nitrogens with one attached hydrogen (secondary N) is 1. The summed E-state index contributed by atoms with van der Waals surface area (Å²) < 4.78 is 0. The van der Waals surface area contributed by atoms with Gasteiger partial charge >= 0.3 is 0 Å². The van der Waals surface area contributed by atoms with Crippen LogP contribution in [0, 0.1) is 0 Å². The smallest absolute Gasteiger partial charge is 0.221 e. The molecule has 2 saturated heterocycles. The van der Waals surface area contributed by atoms with Gasteiger partial charge in [-0.3, -0.25) is 14.7 Å². The molecule has 3 heterocycles. The highest BCUT2D eigenvalue weighted by atomic mass is 16.2. The molecular formula is C14H19N3O. The molecule has 1 aromatic rings. The highest BCUT2D eigenvalue weighted by molar-refractivity contribution is 5.80. The van der Waals surface area contributed by atoms with E-state index in [0.717, 1.165) is 26.1 Å². The van der Waals surface area contributed by atoms with Crippen LogP contribution in [0.5, 0.6) is 0 Å². The molecule has 1 amide bonds. The average Bonchev–Trinajstić information content (AvgIpc) is 2.76. The van der Waals surface area contributed by atoms with Crippen molar-refractivity contribution in [3.63, 3.8) is 0 Å². The number of hydrogen-bond donors (Lipinski definition) is 1. The Morgan fingerprint density at radius 1 is 1.44 bits per heavy atom. The molecule has 4 heteroatoms. The summed E-state index contributed by atoms with van der Waals surface area (Å²) in [7, 11) is 0. The molecule has 96 valence electrons. The number of likely N-dealkylation sites (tertiary alicyclic amines) is 1. The third kappa shape index (κ3) is 2.12. The Balaban J connectivity index is 1.78. The molecule has 1 atom stereocenters. The van der Waals surface area contributed by atoms with Gasteiger partial charge in [-0.15, -0.1) is 0 Å². The van der Waals surface area contributed by atoms with Crippen LogP contribution in [0.15, 0.2) is 24.5 Å². The van der Waals surface area contributed by atoms with Crippen molar-refractivity contribution in [3.05, 3.63) is 30.1 Å². The van der Waals surface area contributed by atoms with Gasteiger partial charge in [-0.25, -0.2) is 0 Å². The van der Waals surface area contributed by atoms with Crippen molar-refractivity contribution in [1.29, 1.82) is 0 Å². The van der Waals surface area contributed by atoms with E-state index in [1.54, 1.807) is 6.20 Å². The summed E-state index contributed by atoms with van der Waals surface area (Å²) in [6.45, 7) is 2.80. The van der Waals surface area contributed by atoms with E-state index in [1.165, 1.54) is 18.4 Å². The lowest BCUT2D eigenvalue weighted by molar-refractivity contribution is -0.120. The molecule has 0 aliphatic carbocycles. The second-order valence-corrected chi connectivity index (χ2v) is 5.42. The summed E-state index contributed by atoms with van der Waals surface area (Å²) >= 11 is 0. The van der Waals surface area contributed by atoms with Crippen LogP contribution in [0.2, 0.25) is 0 Å². The average molecular weight is 245 g/mol. The highest BCUT2D eigenvalue weighted by Gasteiger charge is 2.44. The normalized spacial score (nSPS) is 28.6. The third-order valence-corrected chi connectivity index (χ3v) is 4.19. The SMILES string of the molecule is O=C1C[C@]2(CCCCN2Cc2cccnc2)CN1. The van der Waals surface area contributed by atoms with Crippen molar-refractivity contribution in [2.24, 2.45) is 0 Å². The molecule has 1 N–H and O–H groups in total. The first-order chi connectivity index (χ1) is 8.78. The number of pyridine rings is 1. The maximum atomic E-state index is 11.6. The fourth-order valence-corrected chi connectivity index (χ4v) is 3.20. The Morgan fingerprint density at radius 2 is 2.39 bits per heavy atom. The molecule has 4 nitrogen and oxygen atoms in total.